The van der Waals surface area contributed by atoms with Gasteiger partial charge in [-0.25, -0.2) is 0 Å². The lowest BCUT2D eigenvalue weighted by molar-refractivity contribution is -0.338. The summed E-state index contributed by atoms with van der Waals surface area (Å²) in [6.07, 6.45) is -2.60. The molecule has 1 aromatic carbocycles. The molecule has 0 aromatic heterocycles. The highest BCUT2D eigenvalue weighted by atomic mass is 16.7. The quantitative estimate of drug-likeness (QED) is 0.423. The Morgan fingerprint density at radius 1 is 1.02 bits per heavy atom. The zero-order chi connectivity index (χ0) is 38.3. The van der Waals surface area contributed by atoms with Crippen LogP contribution in [0.15, 0.2) is 24.3 Å². The zero-order valence-corrected chi connectivity index (χ0v) is 32.8. The lowest BCUT2D eigenvalue weighted by Gasteiger charge is -2.56. The molecule has 0 saturated carbocycles. The van der Waals surface area contributed by atoms with Crippen molar-refractivity contribution >= 4 is 23.5 Å². The lowest BCUT2D eigenvalue weighted by Crippen LogP contribution is -2.65. The van der Waals surface area contributed by atoms with Crippen molar-refractivity contribution in [2.24, 2.45) is 23.7 Å². The zero-order valence-electron chi connectivity index (χ0n) is 32.8. The van der Waals surface area contributed by atoms with Crippen LogP contribution in [0.2, 0.25) is 0 Å². The monoisotopic (exact) mass is 731 g/mol. The van der Waals surface area contributed by atoms with E-state index in [4.69, 9.17) is 28.4 Å². The number of benzene rings is 1. The SMILES string of the molecule is CO[C@]1(C)C[C@H](O[C@H]2[C@H](C)[C@H]3O[C@@H]4O[C@H](C)C[C@H](N(C)C)[C@H]4C[C@@]3(O)C[C@@H](C)CN(C)C(=O)c3ccc(cc3)NC(=O)[C@@H]2C)O[C@@H](C)[C@@H]1OC(C)=O. The molecule has 0 unspecified atom stereocenters. The highest BCUT2D eigenvalue weighted by Crippen LogP contribution is 2.48. The van der Waals surface area contributed by atoms with Gasteiger partial charge in [0.05, 0.1) is 35.9 Å². The second-order valence-corrected chi connectivity index (χ2v) is 16.4. The molecule has 3 saturated heterocycles. The molecule has 5 heterocycles. The predicted molar refractivity (Wildman–Crippen MR) is 193 cm³/mol. The Morgan fingerprint density at radius 2 is 1.69 bits per heavy atom. The number of ether oxygens (including phenoxy) is 6. The number of amides is 2. The molecule has 0 radical (unpaired) electrons. The molecule has 5 aliphatic rings. The van der Waals surface area contributed by atoms with Crippen LogP contribution in [0.25, 0.3) is 0 Å². The number of nitrogens with zero attached hydrogens (tertiary/aromatic N) is 2. The number of anilines is 1. The summed E-state index contributed by atoms with van der Waals surface area (Å²) in [7, 11) is 7.42. The van der Waals surface area contributed by atoms with Crippen molar-refractivity contribution in [1.29, 1.82) is 0 Å². The predicted octanol–water partition coefficient (Wildman–Crippen LogP) is 4.07. The molecule has 2 bridgehead atoms. The Morgan fingerprint density at radius 3 is 2.31 bits per heavy atom. The van der Waals surface area contributed by atoms with E-state index in [1.165, 1.54) is 6.92 Å². The standard InChI is InChI=1S/C39H61N3O10/c1-21-17-39(46)18-29-30(41(8)9)16-22(2)48-37(29)52-33(39)23(3)32(51-31-19-38(7,47-11)34(25(5)49-31)50-26(6)43)24(4)35(44)40-28-14-12-27(13-15-28)36(45)42(10)20-21/h12-15,21-25,29-34,37,46H,16-20H2,1-11H3,(H,40,44)/t21-,22-,23+,24-,25+,29-,30+,31+,32+,33-,34+,37+,38-,39+/m1/s1. The average Bonchev–Trinajstić information content (AvgIpc) is 3.07. The van der Waals surface area contributed by atoms with Crippen LogP contribution in [0.5, 0.6) is 0 Å². The molecular formula is C39H61N3O10. The molecule has 5 aliphatic heterocycles. The molecule has 13 heteroatoms. The topological polar surface area (TPSA) is 145 Å². The maximum Gasteiger partial charge on any atom is 0.303 e. The highest BCUT2D eigenvalue weighted by molar-refractivity contribution is 5.96. The molecule has 52 heavy (non-hydrogen) atoms. The highest BCUT2D eigenvalue weighted by Gasteiger charge is 2.57. The van der Waals surface area contributed by atoms with Gasteiger partial charge in [-0.3, -0.25) is 14.4 Å². The minimum Gasteiger partial charge on any atom is -0.457 e. The Bertz CT molecular complexity index is 1430. The van der Waals surface area contributed by atoms with Crippen molar-refractivity contribution in [2.45, 2.75) is 134 Å². The van der Waals surface area contributed by atoms with E-state index < -0.39 is 66.0 Å². The molecule has 2 amide bonds. The molecule has 3 fully saturated rings. The first kappa shape index (κ1) is 40.5. The maximum absolute atomic E-state index is 14.1. The summed E-state index contributed by atoms with van der Waals surface area (Å²) in [5, 5.41) is 16.0. The van der Waals surface area contributed by atoms with E-state index in [1.807, 2.05) is 41.8 Å². The lowest BCUT2D eigenvalue weighted by atomic mass is 9.69. The average molecular weight is 732 g/mol. The van der Waals surface area contributed by atoms with E-state index in [2.05, 4.69) is 10.2 Å². The number of hydrogen-bond acceptors (Lipinski definition) is 11. The second kappa shape index (κ2) is 16.0. The number of rotatable bonds is 5. The first-order valence-electron chi connectivity index (χ1n) is 18.7. The van der Waals surface area contributed by atoms with Gasteiger partial charge in [0, 0.05) is 63.2 Å². The fourth-order valence-corrected chi connectivity index (χ4v) is 9.22. The third-order valence-corrected chi connectivity index (χ3v) is 11.8. The van der Waals surface area contributed by atoms with Crippen molar-refractivity contribution in [1.82, 2.24) is 9.80 Å². The Hall–Kier alpha value is -2.65. The summed E-state index contributed by atoms with van der Waals surface area (Å²) in [6, 6.07) is 6.97. The molecule has 0 aliphatic carbocycles. The first-order valence-corrected chi connectivity index (χ1v) is 18.7. The van der Waals surface area contributed by atoms with Gasteiger partial charge in [0.15, 0.2) is 18.7 Å². The van der Waals surface area contributed by atoms with Crippen molar-refractivity contribution in [3.8, 4) is 0 Å². The van der Waals surface area contributed by atoms with Gasteiger partial charge in [-0.2, -0.15) is 0 Å². The normalized spacial score (nSPS) is 42.0. The third-order valence-electron chi connectivity index (χ3n) is 11.8. The molecule has 1 aromatic rings. The number of nitrogens with one attached hydrogen (secondary N) is 1. The smallest absolute Gasteiger partial charge is 0.303 e. The van der Waals surface area contributed by atoms with Crippen molar-refractivity contribution in [2.75, 3.05) is 40.1 Å². The first-order chi connectivity index (χ1) is 24.3. The van der Waals surface area contributed by atoms with Gasteiger partial charge in [0.1, 0.15) is 5.60 Å². The van der Waals surface area contributed by atoms with Crippen molar-refractivity contribution < 1.29 is 47.9 Å². The minimum atomic E-state index is -1.36. The van der Waals surface area contributed by atoms with Gasteiger partial charge < -0.3 is 48.6 Å². The van der Waals surface area contributed by atoms with E-state index in [0.717, 1.165) is 6.42 Å². The Labute approximate surface area is 308 Å². The number of aliphatic hydroxyl groups is 1. The van der Waals surface area contributed by atoms with E-state index in [1.54, 1.807) is 57.2 Å². The van der Waals surface area contributed by atoms with Crippen LogP contribution in [-0.4, -0.2) is 128 Å². The summed E-state index contributed by atoms with van der Waals surface area (Å²) in [6.45, 7) is 13.2. The molecular weight excluding hydrogens is 670 g/mol. The molecule has 2 N–H and O–H groups in total. The van der Waals surface area contributed by atoms with Crippen molar-refractivity contribution in [3.05, 3.63) is 29.8 Å². The van der Waals surface area contributed by atoms with E-state index in [9.17, 15) is 19.5 Å². The van der Waals surface area contributed by atoms with Crippen LogP contribution in [0.4, 0.5) is 5.69 Å². The number of fused-ring (bicyclic) bond motifs is 11. The number of carbonyl (C=O) groups is 3. The summed E-state index contributed by atoms with van der Waals surface area (Å²) in [4.78, 5) is 43.4. The van der Waals surface area contributed by atoms with Gasteiger partial charge in [-0.05, 0) is 84.3 Å². The van der Waals surface area contributed by atoms with Crippen LogP contribution in [-0.2, 0) is 38.0 Å². The van der Waals surface area contributed by atoms with Gasteiger partial charge in [0.25, 0.3) is 5.91 Å². The number of methoxy groups -OCH3 is 1. The molecule has 292 valence electrons. The van der Waals surface area contributed by atoms with Crippen LogP contribution >= 0.6 is 0 Å². The van der Waals surface area contributed by atoms with Crippen LogP contribution in [0, 0.1) is 23.7 Å². The number of esters is 1. The fourth-order valence-electron chi connectivity index (χ4n) is 9.22. The van der Waals surface area contributed by atoms with E-state index in [0.29, 0.717) is 30.6 Å². The maximum atomic E-state index is 14.1. The van der Waals surface area contributed by atoms with E-state index >= 15 is 0 Å². The summed E-state index contributed by atoms with van der Waals surface area (Å²) < 4.78 is 38.1. The molecule has 14 atom stereocenters. The van der Waals surface area contributed by atoms with E-state index in [-0.39, 0.29) is 42.2 Å². The van der Waals surface area contributed by atoms with Gasteiger partial charge in [-0.1, -0.05) is 20.8 Å². The Kier molecular flexibility index (Phi) is 12.5. The van der Waals surface area contributed by atoms with Gasteiger partial charge in [-0.15, -0.1) is 0 Å². The van der Waals surface area contributed by atoms with Crippen LogP contribution in [0.3, 0.4) is 0 Å². The summed E-state index contributed by atoms with van der Waals surface area (Å²) in [5.41, 5.74) is -1.26. The summed E-state index contributed by atoms with van der Waals surface area (Å²) in [5.74, 6) is -2.41. The van der Waals surface area contributed by atoms with Gasteiger partial charge >= 0.3 is 5.97 Å². The largest absolute Gasteiger partial charge is 0.457 e. The summed E-state index contributed by atoms with van der Waals surface area (Å²) >= 11 is 0. The number of carbonyl (C=O) groups excluding carboxylic acids is 3. The van der Waals surface area contributed by atoms with Crippen LogP contribution < -0.4 is 5.32 Å². The fraction of sp³-hybridized carbons (Fsp3) is 0.769. The van der Waals surface area contributed by atoms with Gasteiger partial charge in [0.2, 0.25) is 5.91 Å². The van der Waals surface area contributed by atoms with Crippen molar-refractivity contribution in [3.63, 3.8) is 0 Å². The third kappa shape index (κ3) is 8.51. The molecule has 13 nitrogen and oxygen atoms in total. The Balaban J connectivity index is 1.56. The molecule has 0 spiro atoms. The number of hydrogen-bond donors (Lipinski definition) is 2. The second-order valence-electron chi connectivity index (χ2n) is 16.4. The van der Waals surface area contributed by atoms with Crippen LogP contribution in [0.1, 0.15) is 84.5 Å². The molecule has 6 rings (SSSR count). The minimum absolute atomic E-state index is 0.0586.